The molecule has 1 aromatic carbocycles. The van der Waals surface area contributed by atoms with Crippen molar-refractivity contribution in [3.8, 4) is 5.75 Å². The van der Waals surface area contributed by atoms with Crippen molar-refractivity contribution in [2.45, 2.75) is 25.8 Å². The van der Waals surface area contributed by atoms with Crippen molar-refractivity contribution >= 4 is 5.91 Å². The number of amides is 1. The Morgan fingerprint density at radius 3 is 2.72 bits per heavy atom. The van der Waals surface area contributed by atoms with E-state index in [1.165, 1.54) is 0 Å². The predicted octanol–water partition coefficient (Wildman–Crippen LogP) is 1.95. The number of rotatable bonds is 2. The summed E-state index contributed by atoms with van der Waals surface area (Å²) in [6.45, 7) is 3.18. The molecule has 4 heteroatoms. The van der Waals surface area contributed by atoms with E-state index in [0.717, 1.165) is 12.8 Å². The zero-order valence-corrected chi connectivity index (χ0v) is 10.8. The Kier molecular flexibility index (Phi) is 3.87. The zero-order chi connectivity index (χ0) is 13.1. The first-order valence-corrected chi connectivity index (χ1v) is 6.24. The highest BCUT2D eigenvalue weighted by molar-refractivity contribution is 5.96. The Hall–Kier alpha value is -1.55. The molecule has 0 bridgehead atoms. The van der Waals surface area contributed by atoms with Crippen LogP contribution < -0.4 is 0 Å². The molecule has 1 aromatic rings. The first-order valence-electron chi connectivity index (χ1n) is 6.24. The maximum Gasteiger partial charge on any atom is 0.254 e. The van der Waals surface area contributed by atoms with Gasteiger partial charge in [-0.2, -0.15) is 0 Å². The summed E-state index contributed by atoms with van der Waals surface area (Å²) in [5, 5.41) is 9.65. The van der Waals surface area contributed by atoms with Crippen LogP contribution in [0.3, 0.4) is 0 Å². The fraction of sp³-hybridized carbons (Fsp3) is 0.500. The number of carbonyl (C=O) groups excluding carboxylic acids is 1. The van der Waals surface area contributed by atoms with E-state index in [0.29, 0.717) is 24.3 Å². The Morgan fingerprint density at radius 1 is 1.39 bits per heavy atom. The predicted molar refractivity (Wildman–Crippen MR) is 68.8 cm³/mol. The molecular formula is C14H19NO3. The van der Waals surface area contributed by atoms with Crippen LogP contribution in [0.4, 0.5) is 0 Å². The molecular weight excluding hydrogens is 230 g/mol. The molecule has 0 aliphatic carbocycles. The van der Waals surface area contributed by atoms with E-state index >= 15 is 0 Å². The van der Waals surface area contributed by atoms with Gasteiger partial charge in [0, 0.05) is 37.4 Å². The molecule has 0 radical (unpaired) electrons. The highest BCUT2D eigenvalue weighted by atomic mass is 16.5. The summed E-state index contributed by atoms with van der Waals surface area (Å²) >= 11 is 0. The summed E-state index contributed by atoms with van der Waals surface area (Å²) in [5.74, 6) is 0.136. The van der Waals surface area contributed by atoms with E-state index in [2.05, 4.69) is 0 Å². The molecule has 1 saturated heterocycles. The van der Waals surface area contributed by atoms with Gasteiger partial charge in [0.15, 0.2) is 0 Å². The van der Waals surface area contributed by atoms with Crippen LogP contribution in [0.2, 0.25) is 0 Å². The molecule has 1 amide bonds. The van der Waals surface area contributed by atoms with Crippen molar-refractivity contribution < 1.29 is 14.6 Å². The van der Waals surface area contributed by atoms with Gasteiger partial charge in [-0.05, 0) is 31.9 Å². The van der Waals surface area contributed by atoms with Crippen molar-refractivity contribution in [1.82, 2.24) is 4.90 Å². The molecule has 0 unspecified atom stereocenters. The lowest BCUT2D eigenvalue weighted by Gasteiger charge is -2.31. The highest BCUT2D eigenvalue weighted by Crippen LogP contribution is 2.22. The topological polar surface area (TPSA) is 49.8 Å². The molecule has 1 N–H and O–H groups in total. The fourth-order valence-corrected chi connectivity index (χ4v) is 2.28. The van der Waals surface area contributed by atoms with Crippen LogP contribution in [0, 0.1) is 6.92 Å². The fourth-order valence-electron chi connectivity index (χ4n) is 2.28. The van der Waals surface area contributed by atoms with Gasteiger partial charge in [-0.3, -0.25) is 4.79 Å². The quantitative estimate of drug-likeness (QED) is 0.871. The number of aromatic hydroxyl groups is 1. The Labute approximate surface area is 107 Å². The first kappa shape index (κ1) is 12.9. The van der Waals surface area contributed by atoms with Gasteiger partial charge in [0.25, 0.3) is 5.91 Å². The van der Waals surface area contributed by atoms with Crippen LogP contribution in [0.25, 0.3) is 0 Å². The average Bonchev–Trinajstić information content (AvgIpc) is 2.41. The SMILES string of the molecule is Cc1c(O)cccc1C(=O)N(C)C1CCOCC1. The van der Waals surface area contributed by atoms with Crippen molar-refractivity contribution in [3.05, 3.63) is 29.3 Å². The summed E-state index contributed by atoms with van der Waals surface area (Å²) in [6.07, 6.45) is 1.75. The largest absolute Gasteiger partial charge is 0.508 e. The molecule has 2 rings (SSSR count). The third-order valence-corrected chi connectivity index (χ3v) is 3.59. The molecule has 1 aliphatic rings. The van der Waals surface area contributed by atoms with Crippen molar-refractivity contribution in [2.24, 2.45) is 0 Å². The summed E-state index contributed by atoms with van der Waals surface area (Å²) in [4.78, 5) is 14.2. The van der Waals surface area contributed by atoms with Crippen molar-refractivity contribution in [2.75, 3.05) is 20.3 Å². The maximum absolute atomic E-state index is 12.4. The third kappa shape index (κ3) is 2.48. The normalized spacial score (nSPS) is 16.6. The number of benzene rings is 1. The molecule has 98 valence electrons. The molecule has 0 spiro atoms. The van der Waals surface area contributed by atoms with Crippen molar-refractivity contribution in [3.63, 3.8) is 0 Å². The smallest absolute Gasteiger partial charge is 0.254 e. The minimum absolute atomic E-state index is 0.0321. The number of ether oxygens (including phenoxy) is 1. The molecule has 1 fully saturated rings. The molecule has 18 heavy (non-hydrogen) atoms. The lowest BCUT2D eigenvalue weighted by Crippen LogP contribution is -2.40. The first-order chi connectivity index (χ1) is 8.61. The van der Waals surface area contributed by atoms with E-state index in [1.54, 1.807) is 30.0 Å². The molecule has 0 atom stereocenters. The second-order valence-electron chi connectivity index (χ2n) is 4.71. The highest BCUT2D eigenvalue weighted by Gasteiger charge is 2.24. The van der Waals surface area contributed by atoms with Gasteiger partial charge in [-0.25, -0.2) is 0 Å². The monoisotopic (exact) mass is 249 g/mol. The number of carbonyl (C=O) groups is 1. The van der Waals surface area contributed by atoms with Crippen molar-refractivity contribution in [1.29, 1.82) is 0 Å². The van der Waals surface area contributed by atoms with Crippen LogP contribution in [0.1, 0.15) is 28.8 Å². The zero-order valence-electron chi connectivity index (χ0n) is 10.8. The second-order valence-corrected chi connectivity index (χ2v) is 4.71. The van der Waals surface area contributed by atoms with E-state index in [-0.39, 0.29) is 17.7 Å². The number of hydrogen-bond acceptors (Lipinski definition) is 3. The molecule has 0 saturated carbocycles. The van der Waals surface area contributed by atoms with Crippen LogP contribution >= 0.6 is 0 Å². The standard InChI is InChI=1S/C14H19NO3/c1-10-12(4-3-5-13(10)16)14(17)15(2)11-6-8-18-9-7-11/h3-5,11,16H,6-9H2,1-2H3. The third-order valence-electron chi connectivity index (χ3n) is 3.59. The average molecular weight is 249 g/mol. The number of hydrogen-bond donors (Lipinski definition) is 1. The van der Waals surface area contributed by atoms with Gasteiger partial charge >= 0.3 is 0 Å². The minimum atomic E-state index is -0.0321. The van der Waals surface area contributed by atoms with E-state index in [4.69, 9.17) is 4.74 Å². The van der Waals surface area contributed by atoms with Crippen LogP contribution in [-0.2, 0) is 4.74 Å². The Morgan fingerprint density at radius 2 is 2.06 bits per heavy atom. The summed E-state index contributed by atoms with van der Waals surface area (Å²) in [5.41, 5.74) is 1.21. The molecule has 4 nitrogen and oxygen atoms in total. The molecule has 1 aliphatic heterocycles. The lowest BCUT2D eigenvalue weighted by atomic mass is 10.0. The number of phenolic OH excluding ortho intramolecular Hbond substituents is 1. The van der Waals surface area contributed by atoms with Crippen LogP contribution in [0.5, 0.6) is 5.75 Å². The Bertz CT molecular complexity index is 439. The van der Waals surface area contributed by atoms with E-state index in [1.807, 2.05) is 7.05 Å². The second kappa shape index (κ2) is 5.40. The van der Waals surface area contributed by atoms with Crippen LogP contribution in [0.15, 0.2) is 18.2 Å². The molecule has 0 aromatic heterocycles. The molecule has 1 heterocycles. The number of phenols is 1. The van der Waals surface area contributed by atoms with Gasteiger partial charge in [0.2, 0.25) is 0 Å². The summed E-state index contributed by atoms with van der Waals surface area (Å²) < 4.78 is 5.30. The van der Waals surface area contributed by atoms with Crippen LogP contribution in [-0.4, -0.2) is 42.2 Å². The number of nitrogens with zero attached hydrogens (tertiary/aromatic N) is 1. The van der Waals surface area contributed by atoms with Gasteiger partial charge in [-0.15, -0.1) is 0 Å². The van der Waals surface area contributed by atoms with Gasteiger partial charge < -0.3 is 14.7 Å². The van der Waals surface area contributed by atoms with Gasteiger partial charge in [0.1, 0.15) is 5.75 Å². The Balaban J connectivity index is 2.17. The maximum atomic E-state index is 12.4. The minimum Gasteiger partial charge on any atom is -0.508 e. The van der Waals surface area contributed by atoms with E-state index < -0.39 is 0 Å². The van der Waals surface area contributed by atoms with E-state index in [9.17, 15) is 9.90 Å². The summed E-state index contributed by atoms with van der Waals surface area (Å²) in [6, 6.07) is 5.29. The lowest BCUT2D eigenvalue weighted by molar-refractivity contribution is 0.0361. The van der Waals surface area contributed by atoms with Gasteiger partial charge in [0.05, 0.1) is 0 Å². The van der Waals surface area contributed by atoms with Gasteiger partial charge in [-0.1, -0.05) is 6.07 Å². The summed E-state index contributed by atoms with van der Waals surface area (Å²) in [7, 11) is 1.82.